The molecule has 1 aliphatic heterocycles. The third-order valence-corrected chi connectivity index (χ3v) is 3.55. The number of aliphatic hydroxyl groups excluding tert-OH is 1. The summed E-state index contributed by atoms with van der Waals surface area (Å²) in [6.45, 7) is 6.18. The van der Waals surface area contributed by atoms with Gasteiger partial charge in [-0.3, -0.25) is 0 Å². The molecular weight excluding hydrogens is 216 g/mol. The van der Waals surface area contributed by atoms with E-state index in [-0.39, 0.29) is 0 Å². The summed E-state index contributed by atoms with van der Waals surface area (Å²) < 4.78 is 5.55. The summed E-state index contributed by atoms with van der Waals surface area (Å²) in [4.78, 5) is 6.74. The van der Waals surface area contributed by atoms with Gasteiger partial charge >= 0.3 is 0 Å². The van der Waals surface area contributed by atoms with E-state index in [1.54, 1.807) is 13.1 Å². The Bertz CT molecular complexity index is 349. The molecule has 96 valence electrons. The minimum Gasteiger partial charge on any atom is -0.443 e. The lowest BCUT2D eigenvalue weighted by molar-refractivity contribution is 0.142. The predicted molar refractivity (Wildman–Crippen MR) is 65.7 cm³/mol. The first-order chi connectivity index (χ1) is 8.20. The maximum absolute atomic E-state index is 9.40. The third-order valence-electron chi connectivity index (χ3n) is 3.55. The Morgan fingerprint density at radius 3 is 3.06 bits per heavy atom. The number of hydrogen-bond donors (Lipinski definition) is 1. The van der Waals surface area contributed by atoms with Gasteiger partial charge in [0.25, 0.3) is 0 Å². The lowest BCUT2D eigenvalue weighted by Crippen LogP contribution is -2.40. The second-order valence-electron chi connectivity index (χ2n) is 4.81. The van der Waals surface area contributed by atoms with E-state index in [9.17, 15) is 5.11 Å². The number of nitrogens with zero attached hydrogens (tertiary/aromatic N) is 2. The van der Waals surface area contributed by atoms with Crippen LogP contribution in [0.4, 0.5) is 0 Å². The van der Waals surface area contributed by atoms with E-state index >= 15 is 0 Å². The summed E-state index contributed by atoms with van der Waals surface area (Å²) in [5, 5.41) is 9.40. The molecule has 1 N–H and O–H groups in total. The molecule has 0 spiro atoms. The molecular formula is C13H22N2O2. The zero-order valence-corrected chi connectivity index (χ0v) is 10.7. The average Bonchev–Trinajstić information content (AvgIpc) is 2.78. The normalized spacial score (nSPS) is 23.8. The number of rotatable bonds is 4. The fourth-order valence-corrected chi connectivity index (χ4v) is 2.52. The number of oxazole rings is 1. The molecule has 2 atom stereocenters. The summed E-state index contributed by atoms with van der Waals surface area (Å²) >= 11 is 0. The van der Waals surface area contributed by atoms with Crippen LogP contribution in [0.15, 0.2) is 10.6 Å². The smallest absolute Gasteiger partial charge is 0.196 e. The van der Waals surface area contributed by atoms with E-state index in [2.05, 4.69) is 16.8 Å². The fraction of sp³-hybridized carbons (Fsp3) is 0.769. The van der Waals surface area contributed by atoms with Crippen LogP contribution in [0.25, 0.3) is 0 Å². The number of aliphatic hydroxyl groups is 1. The van der Waals surface area contributed by atoms with Crippen LogP contribution >= 0.6 is 0 Å². The van der Waals surface area contributed by atoms with Crippen LogP contribution in [-0.4, -0.2) is 34.1 Å². The Kier molecular flexibility index (Phi) is 4.18. The second-order valence-corrected chi connectivity index (χ2v) is 4.81. The molecule has 4 nitrogen and oxygen atoms in total. The topological polar surface area (TPSA) is 49.5 Å². The molecule has 0 aliphatic carbocycles. The van der Waals surface area contributed by atoms with Crippen molar-refractivity contribution in [1.82, 2.24) is 9.88 Å². The van der Waals surface area contributed by atoms with Crippen LogP contribution in [0.1, 0.15) is 50.9 Å². The fourth-order valence-electron chi connectivity index (χ4n) is 2.52. The molecule has 2 unspecified atom stereocenters. The van der Waals surface area contributed by atoms with Crippen molar-refractivity contribution in [2.45, 2.75) is 51.7 Å². The van der Waals surface area contributed by atoms with E-state index in [1.807, 2.05) is 0 Å². The monoisotopic (exact) mass is 238 g/mol. The first-order valence-corrected chi connectivity index (χ1v) is 6.57. The molecule has 1 aromatic rings. The molecule has 1 aliphatic rings. The predicted octanol–water partition coefficient (Wildman–Crippen LogP) is 2.14. The van der Waals surface area contributed by atoms with E-state index in [1.165, 1.54) is 25.8 Å². The highest BCUT2D eigenvalue weighted by Gasteiger charge is 2.23. The molecule has 0 radical (unpaired) electrons. The van der Waals surface area contributed by atoms with Crippen LogP contribution in [0.2, 0.25) is 0 Å². The van der Waals surface area contributed by atoms with Gasteiger partial charge in [0, 0.05) is 12.5 Å². The van der Waals surface area contributed by atoms with Gasteiger partial charge in [-0.15, -0.1) is 0 Å². The van der Waals surface area contributed by atoms with Crippen molar-refractivity contribution in [3.63, 3.8) is 0 Å². The van der Waals surface area contributed by atoms with E-state index < -0.39 is 6.10 Å². The Balaban J connectivity index is 1.98. The minimum atomic E-state index is -0.565. The van der Waals surface area contributed by atoms with E-state index in [0.29, 0.717) is 11.8 Å². The van der Waals surface area contributed by atoms with E-state index in [4.69, 9.17) is 4.42 Å². The van der Waals surface area contributed by atoms with Gasteiger partial charge in [-0.05, 0) is 32.9 Å². The number of piperidine rings is 1. The molecule has 0 bridgehead atoms. The Morgan fingerprint density at radius 1 is 1.59 bits per heavy atom. The maximum atomic E-state index is 9.40. The minimum absolute atomic E-state index is 0.550. The average molecular weight is 238 g/mol. The molecule has 0 saturated carbocycles. The zero-order chi connectivity index (χ0) is 12.3. The Morgan fingerprint density at radius 2 is 2.41 bits per heavy atom. The van der Waals surface area contributed by atoms with Crippen molar-refractivity contribution >= 4 is 0 Å². The van der Waals surface area contributed by atoms with Gasteiger partial charge < -0.3 is 14.4 Å². The first kappa shape index (κ1) is 12.6. The second kappa shape index (κ2) is 5.65. The molecule has 0 amide bonds. The highest BCUT2D eigenvalue weighted by molar-refractivity contribution is 4.98. The van der Waals surface area contributed by atoms with E-state index in [0.717, 1.165) is 18.9 Å². The van der Waals surface area contributed by atoms with Gasteiger partial charge in [0.2, 0.25) is 0 Å². The number of aromatic nitrogens is 1. The third kappa shape index (κ3) is 3.07. The van der Waals surface area contributed by atoms with Gasteiger partial charge in [0.05, 0.1) is 6.20 Å². The van der Waals surface area contributed by atoms with Crippen molar-refractivity contribution in [1.29, 1.82) is 0 Å². The zero-order valence-electron chi connectivity index (χ0n) is 10.7. The SMILES string of the molecule is CCN1CCCCC1Cc1ncc(C(C)O)o1. The lowest BCUT2D eigenvalue weighted by atomic mass is 9.99. The van der Waals surface area contributed by atoms with Crippen molar-refractivity contribution < 1.29 is 9.52 Å². The van der Waals surface area contributed by atoms with Crippen molar-refractivity contribution in [2.75, 3.05) is 13.1 Å². The molecule has 1 saturated heterocycles. The summed E-state index contributed by atoms with van der Waals surface area (Å²) in [5.74, 6) is 1.32. The standard InChI is InChI=1S/C13H22N2O2/c1-3-15-7-5-4-6-11(15)8-13-14-9-12(17-13)10(2)16/h9-11,16H,3-8H2,1-2H3. The molecule has 4 heteroatoms. The van der Waals surface area contributed by atoms with Crippen molar-refractivity contribution in [2.24, 2.45) is 0 Å². The van der Waals surface area contributed by atoms with Gasteiger partial charge in [-0.1, -0.05) is 13.3 Å². The van der Waals surface area contributed by atoms with Crippen molar-refractivity contribution in [3.05, 3.63) is 17.8 Å². The van der Waals surface area contributed by atoms with Gasteiger partial charge in [-0.25, -0.2) is 4.98 Å². The van der Waals surface area contributed by atoms with Crippen LogP contribution in [0.3, 0.4) is 0 Å². The molecule has 2 heterocycles. The number of hydrogen-bond acceptors (Lipinski definition) is 4. The molecule has 1 aromatic heterocycles. The van der Waals surface area contributed by atoms with Gasteiger partial charge in [-0.2, -0.15) is 0 Å². The largest absolute Gasteiger partial charge is 0.443 e. The molecule has 17 heavy (non-hydrogen) atoms. The maximum Gasteiger partial charge on any atom is 0.196 e. The quantitative estimate of drug-likeness (QED) is 0.873. The Labute approximate surface area is 103 Å². The number of likely N-dealkylation sites (N-methyl/N-ethyl adjacent to an activating group) is 1. The lowest BCUT2D eigenvalue weighted by Gasteiger charge is -2.34. The summed E-state index contributed by atoms with van der Waals surface area (Å²) in [6, 6.07) is 0.550. The number of likely N-dealkylation sites (tertiary alicyclic amines) is 1. The van der Waals surface area contributed by atoms with Crippen LogP contribution in [0, 0.1) is 0 Å². The van der Waals surface area contributed by atoms with Gasteiger partial charge in [0.15, 0.2) is 11.7 Å². The molecule has 1 fully saturated rings. The summed E-state index contributed by atoms with van der Waals surface area (Å²) in [7, 11) is 0. The molecule has 0 aromatic carbocycles. The van der Waals surface area contributed by atoms with Gasteiger partial charge in [0.1, 0.15) is 6.10 Å². The highest BCUT2D eigenvalue weighted by atomic mass is 16.4. The van der Waals surface area contributed by atoms with Crippen LogP contribution in [0.5, 0.6) is 0 Å². The summed E-state index contributed by atoms with van der Waals surface area (Å²) in [5.41, 5.74) is 0. The Hall–Kier alpha value is -0.870. The van der Waals surface area contributed by atoms with Crippen LogP contribution in [-0.2, 0) is 6.42 Å². The molecule has 2 rings (SSSR count). The highest BCUT2D eigenvalue weighted by Crippen LogP contribution is 2.21. The summed E-state index contributed by atoms with van der Waals surface area (Å²) in [6.07, 6.45) is 5.75. The van der Waals surface area contributed by atoms with Crippen molar-refractivity contribution in [3.8, 4) is 0 Å². The van der Waals surface area contributed by atoms with Crippen LogP contribution < -0.4 is 0 Å². The first-order valence-electron chi connectivity index (χ1n) is 6.57.